The second-order valence-corrected chi connectivity index (χ2v) is 9.28. The highest BCUT2D eigenvalue weighted by Gasteiger charge is 2.32. The summed E-state index contributed by atoms with van der Waals surface area (Å²) in [4.78, 5) is 12.5. The minimum absolute atomic E-state index is 0.191. The smallest absolute Gasteiger partial charge is 0.364 e. The normalized spacial score (nSPS) is 12.4. The molecule has 176 valence electrons. The van der Waals surface area contributed by atoms with Gasteiger partial charge in [-0.1, -0.05) is 81.5 Å². The van der Waals surface area contributed by atoms with Crippen LogP contribution in [0.15, 0.2) is 54.6 Å². The molecule has 0 aliphatic rings. The molecular formula is C28H42NO3+. The average molecular weight is 441 g/mol. The number of carbonyl (C=O) groups is 1. The van der Waals surface area contributed by atoms with Crippen molar-refractivity contribution in [3.63, 3.8) is 0 Å². The summed E-state index contributed by atoms with van der Waals surface area (Å²) < 4.78 is 11.8. The van der Waals surface area contributed by atoms with E-state index in [-0.39, 0.29) is 18.6 Å². The predicted molar refractivity (Wildman–Crippen MR) is 132 cm³/mol. The van der Waals surface area contributed by atoms with Crippen LogP contribution in [-0.4, -0.2) is 43.8 Å². The Balaban J connectivity index is 1.65. The summed E-state index contributed by atoms with van der Waals surface area (Å²) in [5, 5.41) is 0. The van der Waals surface area contributed by atoms with E-state index in [2.05, 4.69) is 45.3 Å². The molecule has 0 aliphatic heterocycles. The summed E-state index contributed by atoms with van der Waals surface area (Å²) in [6.07, 6.45) is 9.03. The van der Waals surface area contributed by atoms with Crippen molar-refractivity contribution in [1.29, 1.82) is 0 Å². The van der Waals surface area contributed by atoms with E-state index in [0.717, 1.165) is 18.7 Å². The molecule has 1 atom stereocenters. The lowest BCUT2D eigenvalue weighted by molar-refractivity contribution is -0.917. The van der Waals surface area contributed by atoms with Crippen molar-refractivity contribution in [3.8, 4) is 5.75 Å². The zero-order valence-electron chi connectivity index (χ0n) is 20.5. The van der Waals surface area contributed by atoms with Gasteiger partial charge in [0.05, 0.1) is 14.1 Å². The Morgan fingerprint density at radius 2 is 1.50 bits per heavy atom. The van der Waals surface area contributed by atoms with Gasteiger partial charge in [0.15, 0.2) is 6.04 Å². The lowest BCUT2D eigenvalue weighted by Gasteiger charge is -2.34. The molecule has 4 heteroatoms. The number of aryl methyl sites for hydroxylation is 1. The van der Waals surface area contributed by atoms with Gasteiger partial charge < -0.3 is 14.0 Å². The van der Waals surface area contributed by atoms with Crippen LogP contribution in [0.4, 0.5) is 0 Å². The summed E-state index contributed by atoms with van der Waals surface area (Å²) >= 11 is 0. The number of hydrogen-bond donors (Lipinski definition) is 0. The van der Waals surface area contributed by atoms with E-state index in [1.54, 1.807) is 0 Å². The van der Waals surface area contributed by atoms with E-state index in [0.29, 0.717) is 11.1 Å². The Bertz CT molecular complexity index is 771. The molecule has 0 fully saturated rings. The van der Waals surface area contributed by atoms with Crippen LogP contribution >= 0.6 is 0 Å². The number of quaternary nitrogens is 1. The quantitative estimate of drug-likeness (QED) is 0.189. The van der Waals surface area contributed by atoms with E-state index < -0.39 is 0 Å². The summed E-state index contributed by atoms with van der Waals surface area (Å²) in [6, 6.07) is 18.3. The van der Waals surface area contributed by atoms with Crippen molar-refractivity contribution in [3.05, 3.63) is 65.7 Å². The number of nitrogens with zero attached hydrogens (tertiary/aromatic N) is 1. The first kappa shape index (κ1) is 25.9. The topological polar surface area (TPSA) is 35.5 Å². The molecule has 0 spiro atoms. The van der Waals surface area contributed by atoms with Crippen molar-refractivity contribution < 1.29 is 18.8 Å². The number of unbranched alkanes of at least 4 members (excludes halogenated alkanes) is 5. The first-order valence-electron chi connectivity index (χ1n) is 12.2. The van der Waals surface area contributed by atoms with E-state index >= 15 is 0 Å². The number of benzene rings is 2. The minimum Gasteiger partial charge on any atom is -0.490 e. The predicted octanol–water partition coefficient (Wildman–Crippen LogP) is 6.18. The van der Waals surface area contributed by atoms with Gasteiger partial charge in [0.1, 0.15) is 25.5 Å². The Labute approximate surface area is 195 Å². The molecule has 0 N–H and O–H groups in total. The highest BCUT2D eigenvalue weighted by atomic mass is 16.6. The van der Waals surface area contributed by atoms with Crippen molar-refractivity contribution in [2.75, 3.05) is 27.3 Å². The van der Waals surface area contributed by atoms with Gasteiger partial charge >= 0.3 is 5.97 Å². The van der Waals surface area contributed by atoms with Crippen LogP contribution in [0.25, 0.3) is 0 Å². The lowest BCUT2D eigenvalue weighted by atomic mass is 10.0. The zero-order chi connectivity index (χ0) is 23.2. The second kappa shape index (κ2) is 13.9. The van der Waals surface area contributed by atoms with Gasteiger partial charge in [-0.2, -0.15) is 0 Å². The molecule has 0 radical (unpaired) electrons. The fraction of sp³-hybridized carbons (Fsp3) is 0.536. The van der Waals surface area contributed by atoms with Crippen LogP contribution in [0.3, 0.4) is 0 Å². The standard InChI is InChI=1S/C28H42NO3/c1-5-6-7-8-9-11-14-25-17-19-27(20-18-25)31-21-22-32-28(30)24(2)29(3,4)23-26-15-12-10-13-16-26/h10,12-13,15-20,24H,5-9,11,14,21-23H2,1-4H3/q+1. The second-order valence-electron chi connectivity index (χ2n) is 9.28. The number of carbonyl (C=O) groups excluding carboxylic acids is 1. The highest BCUT2D eigenvalue weighted by Crippen LogP contribution is 2.17. The van der Waals surface area contributed by atoms with E-state index in [1.165, 1.54) is 49.7 Å². The molecule has 0 bridgehead atoms. The molecule has 0 aliphatic carbocycles. The molecule has 0 heterocycles. The maximum absolute atomic E-state index is 12.5. The van der Waals surface area contributed by atoms with Crippen molar-refractivity contribution in [1.82, 2.24) is 0 Å². The van der Waals surface area contributed by atoms with Gasteiger partial charge in [-0.15, -0.1) is 0 Å². The maximum atomic E-state index is 12.5. The maximum Gasteiger partial charge on any atom is 0.364 e. The first-order chi connectivity index (χ1) is 15.4. The molecule has 0 amide bonds. The molecule has 2 aromatic carbocycles. The van der Waals surface area contributed by atoms with Crippen LogP contribution in [0, 0.1) is 0 Å². The van der Waals surface area contributed by atoms with Gasteiger partial charge in [-0.05, 0) is 37.5 Å². The van der Waals surface area contributed by atoms with Crippen LogP contribution in [-0.2, 0) is 22.5 Å². The van der Waals surface area contributed by atoms with Crippen LogP contribution in [0.5, 0.6) is 5.75 Å². The molecule has 32 heavy (non-hydrogen) atoms. The number of ether oxygens (including phenoxy) is 2. The molecule has 2 rings (SSSR count). The summed E-state index contributed by atoms with van der Waals surface area (Å²) in [6.45, 7) is 5.57. The molecule has 0 aromatic heterocycles. The number of rotatable bonds is 15. The zero-order valence-corrected chi connectivity index (χ0v) is 20.5. The third-order valence-electron chi connectivity index (χ3n) is 6.16. The highest BCUT2D eigenvalue weighted by molar-refractivity contribution is 5.74. The van der Waals surface area contributed by atoms with Crippen molar-refractivity contribution in [2.24, 2.45) is 0 Å². The summed E-state index contributed by atoms with van der Waals surface area (Å²) in [7, 11) is 4.12. The molecule has 0 saturated carbocycles. The number of hydrogen-bond acceptors (Lipinski definition) is 3. The first-order valence-corrected chi connectivity index (χ1v) is 12.2. The Hall–Kier alpha value is -2.33. The van der Waals surface area contributed by atoms with Gasteiger partial charge in [0.2, 0.25) is 0 Å². The Kier molecular flexibility index (Phi) is 11.3. The van der Waals surface area contributed by atoms with E-state index in [1.807, 2.05) is 37.3 Å². The number of likely N-dealkylation sites (N-methyl/N-ethyl adjacent to an activating group) is 1. The molecule has 0 saturated heterocycles. The fourth-order valence-corrected chi connectivity index (χ4v) is 3.76. The molecule has 2 aromatic rings. The summed E-state index contributed by atoms with van der Waals surface area (Å²) in [5.41, 5.74) is 2.56. The van der Waals surface area contributed by atoms with Gasteiger partial charge in [0.25, 0.3) is 0 Å². The van der Waals surface area contributed by atoms with E-state index in [9.17, 15) is 4.79 Å². The molecule has 1 unspecified atom stereocenters. The number of esters is 1. The monoisotopic (exact) mass is 440 g/mol. The van der Waals surface area contributed by atoms with Crippen LogP contribution < -0.4 is 4.74 Å². The van der Waals surface area contributed by atoms with Crippen molar-refractivity contribution in [2.45, 2.75) is 71.4 Å². The van der Waals surface area contributed by atoms with Crippen LogP contribution in [0.1, 0.15) is 63.5 Å². The van der Waals surface area contributed by atoms with Crippen molar-refractivity contribution >= 4 is 5.97 Å². The third kappa shape index (κ3) is 9.44. The molecular weight excluding hydrogens is 398 g/mol. The van der Waals surface area contributed by atoms with Crippen LogP contribution in [0.2, 0.25) is 0 Å². The van der Waals surface area contributed by atoms with Gasteiger partial charge in [-0.3, -0.25) is 0 Å². The Morgan fingerprint density at radius 3 is 2.19 bits per heavy atom. The third-order valence-corrected chi connectivity index (χ3v) is 6.16. The lowest BCUT2D eigenvalue weighted by Crippen LogP contribution is -2.51. The fourth-order valence-electron chi connectivity index (χ4n) is 3.76. The largest absolute Gasteiger partial charge is 0.490 e. The minimum atomic E-state index is -0.253. The average Bonchev–Trinajstić information content (AvgIpc) is 2.79. The van der Waals surface area contributed by atoms with Gasteiger partial charge in [-0.25, -0.2) is 4.79 Å². The SMILES string of the molecule is CCCCCCCCc1ccc(OCCOC(=O)C(C)[N+](C)(C)Cc2ccccc2)cc1. The summed E-state index contributed by atoms with van der Waals surface area (Å²) in [5.74, 6) is 0.629. The van der Waals surface area contributed by atoms with Gasteiger partial charge in [0, 0.05) is 5.56 Å². The Morgan fingerprint density at radius 1 is 0.844 bits per heavy atom. The molecule has 4 nitrogen and oxygen atoms in total. The van der Waals surface area contributed by atoms with E-state index in [4.69, 9.17) is 9.47 Å².